The van der Waals surface area contributed by atoms with Gasteiger partial charge in [-0.1, -0.05) is 36.2 Å². The first-order chi connectivity index (χ1) is 13.6. The van der Waals surface area contributed by atoms with Crippen molar-refractivity contribution in [1.29, 1.82) is 0 Å². The molecule has 0 unspecified atom stereocenters. The van der Waals surface area contributed by atoms with Crippen molar-refractivity contribution in [3.05, 3.63) is 75.5 Å². The molecular formula is C22H23ClN2O2S. The summed E-state index contributed by atoms with van der Waals surface area (Å²) < 4.78 is 5.26. The zero-order chi connectivity index (χ0) is 19.5. The van der Waals surface area contributed by atoms with Gasteiger partial charge >= 0.3 is 0 Å². The third kappa shape index (κ3) is 4.02. The molecule has 0 radical (unpaired) electrons. The van der Waals surface area contributed by atoms with E-state index < -0.39 is 0 Å². The summed E-state index contributed by atoms with van der Waals surface area (Å²) in [7, 11) is 0. The number of furan rings is 1. The number of hydrogen-bond acceptors (Lipinski definition) is 4. The maximum absolute atomic E-state index is 12.6. The van der Waals surface area contributed by atoms with E-state index in [1.54, 1.807) is 23.5 Å². The number of rotatable bonds is 5. The number of halogens is 1. The van der Waals surface area contributed by atoms with Crippen molar-refractivity contribution in [2.75, 3.05) is 18.4 Å². The minimum atomic E-state index is -0.232. The Kier molecular flexibility index (Phi) is 5.85. The Morgan fingerprint density at radius 2 is 1.93 bits per heavy atom. The summed E-state index contributed by atoms with van der Waals surface area (Å²) >= 11 is 8.20. The molecule has 1 aromatic carbocycles. The molecule has 2 aromatic heterocycles. The van der Waals surface area contributed by atoms with Gasteiger partial charge in [0.1, 0.15) is 5.00 Å². The van der Waals surface area contributed by atoms with Gasteiger partial charge in [-0.25, -0.2) is 0 Å². The highest BCUT2D eigenvalue weighted by atomic mass is 35.5. The number of aryl methyl sites for hydroxylation is 1. The van der Waals surface area contributed by atoms with E-state index in [0.29, 0.717) is 5.76 Å². The molecule has 0 spiro atoms. The monoisotopic (exact) mass is 414 g/mol. The Hall–Kier alpha value is -2.08. The van der Waals surface area contributed by atoms with Gasteiger partial charge in [0.25, 0.3) is 5.91 Å². The van der Waals surface area contributed by atoms with Crippen LogP contribution in [-0.4, -0.2) is 23.9 Å². The van der Waals surface area contributed by atoms with Crippen LogP contribution in [0, 0.1) is 6.92 Å². The first kappa shape index (κ1) is 19.2. The molecule has 1 N–H and O–H groups in total. The molecule has 6 heteroatoms. The Balaban J connectivity index is 1.74. The average molecular weight is 415 g/mol. The fourth-order valence-corrected chi connectivity index (χ4v) is 5.02. The van der Waals surface area contributed by atoms with E-state index in [4.69, 9.17) is 16.0 Å². The van der Waals surface area contributed by atoms with Crippen molar-refractivity contribution in [3.8, 4) is 0 Å². The number of carbonyl (C=O) groups is 1. The van der Waals surface area contributed by atoms with Crippen LogP contribution in [0.15, 0.2) is 53.1 Å². The number of anilines is 1. The predicted molar refractivity (Wildman–Crippen MR) is 114 cm³/mol. The van der Waals surface area contributed by atoms with Gasteiger partial charge in [-0.15, -0.1) is 11.3 Å². The number of amides is 1. The summed E-state index contributed by atoms with van der Waals surface area (Å²) in [5, 5.41) is 4.67. The Bertz CT molecular complexity index is 945. The van der Waals surface area contributed by atoms with Crippen molar-refractivity contribution in [1.82, 2.24) is 4.90 Å². The van der Waals surface area contributed by atoms with E-state index >= 15 is 0 Å². The largest absolute Gasteiger partial charge is 0.459 e. The summed E-state index contributed by atoms with van der Waals surface area (Å²) in [4.78, 5) is 16.2. The van der Waals surface area contributed by atoms with Gasteiger partial charge in [0.15, 0.2) is 5.76 Å². The molecule has 3 heterocycles. The molecule has 1 fully saturated rings. The molecule has 1 atom stereocenters. The number of hydrogen-bond donors (Lipinski definition) is 1. The summed E-state index contributed by atoms with van der Waals surface area (Å²) in [5.41, 5.74) is 2.18. The van der Waals surface area contributed by atoms with Crippen LogP contribution in [0.4, 0.5) is 5.00 Å². The third-order valence-corrected chi connectivity index (χ3v) is 6.43. The first-order valence-corrected chi connectivity index (χ1v) is 10.8. The van der Waals surface area contributed by atoms with Gasteiger partial charge in [0.2, 0.25) is 0 Å². The lowest BCUT2D eigenvalue weighted by Gasteiger charge is -2.35. The third-order valence-electron chi connectivity index (χ3n) is 5.11. The lowest BCUT2D eigenvalue weighted by Crippen LogP contribution is -2.34. The van der Waals surface area contributed by atoms with Crippen LogP contribution in [0.1, 0.15) is 51.9 Å². The number of likely N-dealkylation sites (tertiary alicyclic amines) is 1. The average Bonchev–Trinajstić information content (AvgIpc) is 3.35. The smallest absolute Gasteiger partial charge is 0.291 e. The molecule has 0 aliphatic carbocycles. The molecule has 28 heavy (non-hydrogen) atoms. The highest BCUT2D eigenvalue weighted by molar-refractivity contribution is 7.16. The van der Waals surface area contributed by atoms with Gasteiger partial charge in [-0.2, -0.15) is 0 Å². The molecular weight excluding hydrogens is 392 g/mol. The number of piperidine rings is 1. The van der Waals surface area contributed by atoms with Crippen LogP contribution < -0.4 is 5.32 Å². The van der Waals surface area contributed by atoms with Crippen LogP contribution >= 0.6 is 22.9 Å². The van der Waals surface area contributed by atoms with Gasteiger partial charge in [0.05, 0.1) is 12.3 Å². The Morgan fingerprint density at radius 1 is 1.14 bits per heavy atom. The van der Waals surface area contributed by atoms with E-state index in [-0.39, 0.29) is 11.9 Å². The molecule has 1 saturated heterocycles. The number of thiophene rings is 1. The Labute approximate surface area is 174 Å². The van der Waals surface area contributed by atoms with Crippen LogP contribution in [0.3, 0.4) is 0 Å². The lowest BCUT2D eigenvalue weighted by atomic mass is 9.96. The second-order valence-electron chi connectivity index (χ2n) is 7.09. The fourth-order valence-electron chi connectivity index (χ4n) is 3.84. The number of benzene rings is 1. The van der Waals surface area contributed by atoms with Gasteiger partial charge < -0.3 is 9.73 Å². The van der Waals surface area contributed by atoms with E-state index in [1.807, 2.05) is 18.2 Å². The SMILES string of the molecule is Cc1cc([C@H](c2ccccc2Cl)N2CCCCC2)c(NC(=O)c2ccco2)s1. The van der Waals surface area contributed by atoms with Gasteiger partial charge in [0, 0.05) is 15.5 Å². The molecule has 3 aromatic rings. The van der Waals surface area contributed by atoms with Crippen LogP contribution in [0.5, 0.6) is 0 Å². The van der Waals surface area contributed by atoms with Gasteiger partial charge in [-0.05, 0) is 62.7 Å². The van der Waals surface area contributed by atoms with Crippen molar-refractivity contribution in [2.24, 2.45) is 0 Å². The van der Waals surface area contributed by atoms with E-state index in [0.717, 1.165) is 39.1 Å². The summed E-state index contributed by atoms with van der Waals surface area (Å²) in [6, 6.07) is 13.6. The quantitative estimate of drug-likeness (QED) is 0.546. The van der Waals surface area contributed by atoms with Gasteiger partial charge in [-0.3, -0.25) is 9.69 Å². The molecule has 0 bridgehead atoms. The maximum Gasteiger partial charge on any atom is 0.291 e. The number of nitrogens with zero attached hydrogens (tertiary/aromatic N) is 1. The molecule has 0 saturated carbocycles. The highest BCUT2D eigenvalue weighted by Crippen LogP contribution is 2.42. The molecule has 4 nitrogen and oxygen atoms in total. The molecule has 146 valence electrons. The summed E-state index contributed by atoms with van der Waals surface area (Å²) in [6.45, 7) is 4.11. The van der Waals surface area contributed by atoms with Crippen molar-refractivity contribution in [2.45, 2.75) is 32.2 Å². The fraction of sp³-hybridized carbons (Fsp3) is 0.318. The second-order valence-corrected chi connectivity index (χ2v) is 8.76. The first-order valence-electron chi connectivity index (χ1n) is 9.57. The minimum absolute atomic E-state index is 0.0193. The molecule has 1 aliphatic heterocycles. The van der Waals surface area contributed by atoms with Crippen molar-refractivity contribution < 1.29 is 9.21 Å². The van der Waals surface area contributed by atoms with Crippen LogP contribution in [-0.2, 0) is 0 Å². The van der Waals surface area contributed by atoms with Crippen LogP contribution in [0.25, 0.3) is 0 Å². The Morgan fingerprint density at radius 3 is 2.64 bits per heavy atom. The zero-order valence-corrected chi connectivity index (χ0v) is 17.4. The second kappa shape index (κ2) is 8.52. The highest BCUT2D eigenvalue weighted by Gasteiger charge is 2.29. The predicted octanol–water partition coefficient (Wildman–Crippen LogP) is 6.13. The molecule has 1 aliphatic rings. The van der Waals surface area contributed by atoms with E-state index in [1.165, 1.54) is 25.5 Å². The standard InChI is InChI=1S/C22H23ClN2O2S/c1-15-14-17(22(28-15)24-21(26)19-10-7-13-27-19)20(25-11-5-2-6-12-25)16-8-3-4-9-18(16)23/h3-4,7-10,13-14,20H,2,5-6,11-12H2,1H3,(H,24,26)/t20-/m0/s1. The minimum Gasteiger partial charge on any atom is -0.459 e. The topological polar surface area (TPSA) is 45.5 Å². The summed E-state index contributed by atoms with van der Waals surface area (Å²) in [5.74, 6) is 0.0777. The van der Waals surface area contributed by atoms with Crippen molar-refractivity contribution in [3.63, 3.8) is 0 Å². The normalized spacial score (nSPS) is 16.1. The summed E-state index contributed by atoms with van der Waals surface area (Å²) in [6.07, 6.45) is 5.13. The molecule has 1 amide bonds. The molecule has 4 rings (SSSR count). The van der Waals surface area contributed by atoms with Crippen molar-refractivity contribution >= 4 is 33.8 Å². The zero-order valence-electron chi connectivity index (χ0n) is 15.8. The van der Waals surface area contributed by atoms with E-state index in [9.17, 15) is 4.79 Å². The lowest BCUT2D eigenvalue weighted by molar-refractivity contribution is 0.0996. The van der Waals surface area contributed by atoms with Crippen LogP contribution in [0.2, 0.25) is 5.02 Å². The van der Waals surface area contributed by atoms with E-state index in [2.05, 4.69) is 29.3 Å². The number of nitrogens with one attached hydrogen (secondary N) is 1. The number of carbonyl (C=O) groups excluding carboxylic acids is 1. The maximum atomic E-state index is 12.6.